The highest BCUT2D eigenvalue weighted by Crippen LogP contribution is 2.38. The molecule has 6 heteroatoms. The van der Waals surface area contributed by atoms with Crippen LogP contribution >= 0.6 is 0 Å². The van der Waals surface area contributed by atoms with Gasteiger partial charge in [0.05, 0.1) is 19.3 Å². The summed E-state index contributed by atoms with van der Waals surface area (Å²) >= 11 is 0. The van der Waals surface area contributed by atoms with Gasteiger partial charge in [0.25, 0.3) is 5.91 Å². The van der Waals surface area contributed by atoms with Gasteiger partial charge in [-0.3, -0.25) is 9.59 Å². The Morgan fingerprint density at radius 3 is 2.57 bits per heavy atom. The van der Waals surface area contributed by atoms with Crippen molar-refractivity contribution in [1.29, 1.82) is 0 Å². The van der Waals surface area contributed by atoms with Crippen LogP contribution in [0.15, 0.2) is 35.9 Å². The summed E-state index contributed by atoms with van der Waals surface area (Å²) in [6.07, 6.45) is 3.70. The van der Waals surface area contributed by atoms with E-state index < -0.39 is 0 Å². The number of nitrogens with one attached hydrogen (secondary N) is 2. The molecule has 2 rings (SSSR count). The van der Waals surface area contributed by atoms with Crippen LogP contribution in [0.25, 0.3) is 0 Å². The Labute approximate surface area is 180 Å². The minimum atomic E-state index is -0.124. The molecule has 3 unspecified atom stereocenters. The molecular weight excluding hydrogens is 380 g/mol. The zero-order valence-corrected chi connectivity index (χ0v) is 18.9. The summed E-state index contributed by atoms with van der Waals surface area (Å²) in [4.78, 5) is 24.9. The predicted octanol–water partition coefficient (Wildman–Crippen LogP) is 3.43. The quantitative estimate of drug-likeness (QED) is 0.453. The number of carbonyl (C=O) groups is 2. The van der Waals surface area contributed by atoms with Gasteiger partial charge in [-0.1, -0.05) is 37.6 Å². The summed E-state index contributed by atoms with van der Waals surface area (Å²) in [5.74, 6) is 1.86. The normalized spacial score (nSPS) is 21.1. The summed E-state index contributed by atoms with van der Waals surface area (Å²) in [5, 5.41) is 6.00. The van der Waals surface area contributed by atoms with Crippen molar-refractivity contribution in [2.45, 2.75) is 33.6 Å². The highest BCUT2D eigenvalue weighted by atomic mass is 16.5. The first-order valence-electron chi connectivity index (χ1n) is 10.7. The fourth-order valence-corrected chi connectivity index (χ4v) is 4.23. The van der Waals surface area contributed by atoms with Crippen molar-refractivity contribution in [3.05, 3.63) is 41.5 Å². The topological polar surface area (TPSA) is 76.7 Å². The maximum Gasteiger partial charge on any atom is 0.255 e. The predicted molar refractivity (Wildman–Crippen MR) is 119 cm³/mol. The molecule has 0 radical (unpaired) electrons. The molecule has 3 atom stereocenters. The molecular formula is C24H36N2O4. The number of ether oxygens (including phenoxy) is 2. The van der Waals surface area contributed by atoms with Crippen LogP contribution in [0.2, 0.25) is 0 Å². The lowest BCUT2D eigenvalue weighted by Gasteiger charge is -2.37. The molecule has 166 valence electrons. The van der Waals surface area contributed by atoms with Crippen molar-refractivity contribution in [2.24, 2.45) is 23.7 Å². The van der Waals surface area contributed by atoms with Gasteiger partial charge in [0.2, 0.25) is 5.91 Å². The molecule has 2 amide bonds. The smallest absolute Gasteiger partial charge is 0.255 e. The van der Waals surface area contributed by atoms with Crippen molar-refractivity contribution in [3.63, 3.8) is 0 Å². The van der Waals surface area contributed by atoms with E-state index in [0.717, 1.165) is 6.42 Å². The Bertz CT molecular complexity index is 744. The van der Waals surface area contributed by atoms with E-state index in [4.69, 9.17) is 9.47 Å². The fraction of sp³-hybridized carbons (Fsp3) is 0.583. The molecule has 0 saturated carbocycles. The third-order valence-corrected chi connectivity index (χ3v) is 5.99. The number of hydrogen-bond acceptors (Lipinski definition) is 4. The van der Waals surface area contributed by atoms with Gasteiger partial charge in [-0.15, -0.1) is 0 Å². The third kappa shape index (κ3) is 6.59. The largest absolute Gasteiger partial charge is 0.496 e. The van der Waals surface area contributed by atoms with Gasteiger partial charge in [0.15, 0.2) is 0 Å². The molecule has 0 saturated heterocycles. The summed E-state index contributed by atoms with van der Waals surface area (Å²) < 4.78 is 10.3. The maximum atomic E-state index is 12.7. The van der Waals surface area contributed by atoms with E-state index in [1.54, 1.807) is 26.4 Å². The van der Waals surface area contributed by atoms with E-state index in [2.05, 4.69) is 37.5 Å². The molecule has 0 aromatic heterocycles. The first-order chi connectivity index (χ1) is 14.4. The number of rotatable bonds is 10. The Morgan fingerprint density at radius 1 is 1.17 bits per heavy atom. The second-order valence-electron chi connectivity index (χ2n) is 8.37. The van der Waals surface area contributed by atoms with E-state index in [0.29, 0.717) is 49.3 Å². The zero-order valence-electron chi connectivity index (χ0n) is 18.9. The lowest BCUT2D eigenvalue weighted by molar-refractivity contribution is -0.122. The van der Waals surface area contributed by atoms with Crippen molar-refractivity contribution in [2.75, 3.05) is 33.9 Å². The third-order valence-electron chi connectivity index (χ3n) is 5.99. The van der Waals surface area contributed by atoms with E-state index in [1.807, 2.05) is 12.1 Å². The van der Waals surface area contributed by atoms with Crippen LogP contribution in [0, 0.1) is 23.7 Å². The molecule has 0 spiro atoms. The monoisotopic (exact) mass is 416 g/mol. The van der Waals surface area contributed by atoms with Gasteiger partial charge in [-0.05, 0) is 49.1 Å². The van der Waals surface area contributed by atoms with E-state index in [9.17, 15) is 9.59 Å². The zero-order chi connectivity index (χ0) is 22.1. The number of allylic oxidation sites excluding steroid dienone is 1. The number of carbonyl (C=O) groups excluding carboxylic acids is 2. The van der Waals surface area contributed by atoms with Crippen LogP contribution in [-0.2, 0) is 9.53 Å². The minimum absolute atomic E-state index is 0.0650. The molecule has 0 aliphatic heterocycles. The Hall–Kier alpha value is -2.34. The Kier molecular flexibility index (Phi) is 9.37. The molecule has 6 nitrogen and oxygen atoms in total. The average Bonchev–Trinajstić information content (AvgIpc) is 2.73. The minimum Gasteiger partial charge on any atom is -0.496 e. The lowest BCUT2D eigenvalue weighted by atomic mass is 9.69. The van der Waals surface area contributed by atoms with Gasteiger partial charge in [-0.25, -0.2) is 0 Å². The van der Waals surface area contributed by atoms with Gasteiger partial charge in [0, 0.05) is 26.6 Å². The molecule has 0 fully saturated rings. The summed E-state index contributed by atoms with van der Waals surface area (Å²) in [6.45, 7) is 8.15. The summed E-state index contributed by atoms with van der Waals surface area (Å²) in [5.41, 5.74) is 1.77. The van der Waals surface area contributed by atoms with Gasteiger partial charge in [0.1, 0.15) is 5.75 Å². The van der Waals surface area contributed by atoms with E-state index in [1.165, 1.54) is 5.57 Å². The molecule has 0 bridgehead atoms. The van der Waals surface area contributed by atoms with Crippen LogP contribution in [0.5, 0.6) is 5.75 Å². The standard InChI is InChI=1S/C24H36N2O4/c1-16(2)21-13-18(14-23(27)25-10-11-29-4)17(3)12-19(21)15-26-24(28)20-8-6-7-9-22(20)30-5/h6-9,12,16,18-19,21H,10-11,13-15H2,1-5H3,(H,25,27)(H,26,28). The first kappa shape index (κ1) is 23.9. The molecule has 30 heavy (non-hydrogen) atoms. The number of hydrogen-bond donors (Lipinski definition) is 2. The van der Waals surface area contributed by atoms with Crippen molar-refractivity contribution >= 4 is 11.8 Å². The highest BCUT2D eigenvalue weighted by molar-refractivity contribution is 5.96. The molecule has 1 aliphatic carbocycles. The second kappa shape index (κ2) is 11.7. The van der Waals surface area contributed by atoms with Crippen molar-refractivity contribution < 1.29 is 19.1 Å². The van der Waals surface area contributed by atoms with Crippen LogP contribution < -0.4 is 15.4 Å². The maximum absolute atomic E-state index is 12.7. The molecule has 2 N–H and O–H groups in total. The van der Waals surface area contributed by atoms with Crippen molar-refractivity contribution in [1.82, 2.24) is 10.6 Å². The van der Waals surface area contributed by atoms with Gasteiger partial charge < -0.3 is 20.1 Å². The van der Waals surface area contributed by atoms with E-state index >= 15 is 0 Å². The number of methoxy groups -OCH3 is 2. The number of benzene rings is 1. The lowest BCUT2D eigenvalue weighted by Crippen LogP contribution is -2.38. The highest BCUT2D eigenvalue weighted by Gasteiger charge is 2.32. The molecule has 1 aromatic carbocycles. The summed E-state index contributed by atoms with van der Waals surface area (Å²) in [7, 11) is 3.19. The van der Waals surface area contributed by atoms with Crippen LogP contribution in [0.4, 0.5) is 0 Å². The molecule has 1 aliphatic rings. The second-order valence-corrected chi connectivity index (χ2v) is 8.37. The number of para-hydroxylation sites is 1. The van der Waals surface area contributed by atoms with Crippen molar-refractivity contribution in [3.8, 4) is 5.75 Å². The van der Waals surface area contributed by atoms with Crippen LogP contribution in [0.3, 0.4) is 0 Å². The first-order valence-corrected chi connectivity index (χ1v) is 10.7. The van der Waals surface area contributed by atoms with Gasteiger partial charge >= 0.3 is 0 Å². The average molecular weight is 417 g/mol. The fourth-order valence-electron chi connectivity index (χ4n) is 4.23. The Morgan fingerprint density at radius 2 is 1.90 bits per heavy atom. The van der Waals surface area contributed by atoms with E-state index in [-0.39, 0.29) is 23.7 Å². The van der Waals surface area contributed by atoms with Gasteiger partial charge in [-0.2, -0.15) is 0 Å². The van der Waals surface area contributed by atoms with Crippen LogP contribution in [0.1, 0.15) is 44.0 Å². The molecule has 0 heterocycles. The van der Waals surface area contributed by atoms with Crippen LogP contribution in [-0.4, -0.2) is 45.7 Å². The SMILES string of the molecule is COCCNC(=O)CC1CC(C(C)C)C(CNC(=O)c2ccccc2OC)C=C1C. The number of amides is 2. The summed E-state index contributed by atoms with van der Waals surface area (Å²) in [6, 6.07) is 7.25. The molecule has 1 aromatic rings. The Balaban J connectivity index is 2.02.